The predicted octanol–water partition coefficient (Wildman–Crippen LogP) is 25.7. The smallest absolute Gasteiger partial charge is 0.137 e. The molecule has 18 rings (SSSR count). The summed E-state index contributed by atoms with van der Waals surface area (Å²) in [5.41, 5.74) is 25.4. The zero-order chi connectivity index (χ0) is 62.8. The Kier molecular flexibility index (Phi) is 12.4. The summed E-state index contributed by atoms with van der Waals surface area (Å²) in [6.07, 6.45) is 0. The lowest BCUT2D eigenvalue weighted by molar-refractivity contribution is 0.299. The van der Waals surface area contributed by atoms with Gasteiger partial charge in [0.25, 0.3) is 0 Å². The zero-order valence-corrected chi connectivity index (χ0v) is 55.5. The van der Waals surface area contributed by atoms with Gasteiger partial charge in [-0.05, 0) is 180 Å². The van der Waals surface area contributed by atoms with Gasteiger partial charge in [-0.3, -0.25) is 0 Å². The lowest BCUT2D eigenvalue weighted by Gasteiger charge is -2.48. The number of fused-ring (bicyclic) bond motifs is 19. The van der Waals surface area contributed by atoms with E-state index in [1.165, 1.54) is 118 Å². The monoisotopic (exact) mass is 1220 g/mol. The van der Waals surface area contributed by atoms with Gasteiger partial charge in [0.1, 0.15) is 11.2 Å². The Morgan fingerprint density at radius 2 is 0.739 bits per heavy atom. The zero-order valence-electron chi connectivity index (χ0n) is 53.9. The van der Waals surface area contributed by atoms with Crippen molar-refractivity contribution in [2.24, 2.45) is 0 Å². The number of hydrogen-bond donors (Lipinski definition) is 0. The molecule has 0 saturated carbocycles. The van der Waals surface area contributed by atoms with E-state index in [2.05, 4.69) is 322 Å². The van der Waals surface area contributed by atoms with E-state index in [0.29, 0.717) is 0 Å². The number of hydrogen-bond acceptors (Lipinski definition) is 5. The van der Waals surface area contributed by atoms with Crippen molar-refractivity contribution in [3.63, 3.8) is 0 Å². The van der Waals surface area contributed by atoms with Crippen molar-refractivity contribution in [3.05, 3.63) is 288 Å². The van der Waals surface area contributed by atoms with Gasteiger partial charge in [0, 0.05) is 102 Å². The molecule has 3 aliphatic carbocycles. The normalized spacial score (nSPS) is 15.7. The molecule has 0 aliphatic heterocycles. The van der Waals surface area contributed by atoms with E-state index >= 15 is 0 Å². The van der Waals surface area contributed by atoms with Crippen LogP contribution in [0.4, 0.5) is 34.1 Å². The van der Waals surface area contributed by atoms with E-state index in [4.69, 9.17) is 4.42 Å². The fourth-order valence-electron chi connectivity index (χ4n) is 16.0. The number of anilines is 6. The van der Waals surface area contributed by atoms with Crippen LogP contribution in [-0.2, 0) is 27.1 Å². The maximum absolute atomic E-state index is 6.31. The number of para-hydroxylation sites is 3. The topological polar surface area (TPSA) is 19.6 Å². The second kappa shape index (κ2) is 20.2. The number of rotatable bonds is 6. The fraction of sp³-hybridized carbons (Fsp3) is 0.172. The Bertz CT molecular complexity index is 5520. The summed E-state index contributed by atoms with van der Waals surface area (Å²) >= 11 is 3.84. The number of furan rings is 1. The maximum Gasteiger partial charge on any atom is 0.137 e. The van der Waals surface area contributed by atoms with Gasteiger partial charge in [-0.1, -0.05) is 221 Å². The largest absolute Gasteiger partial charge is 0.456 e. The maximum atomic E-state index is 6.31. The summed E-state index contributed by atoms with van der Waals surface area (Å²) in [4.78, 5) is 4.77. The van der Waals surface area contributed by atoms with Crippen LogP contribution in [0.3, 0.4) is 0 Å². The van der Waals surface area contributed by atoms with Gasteiger partial charge >= 0.3 is 0 Å². The molecule has 448 valence electrons. The van der Waals surface area contributed by atoms with Crippen LogP contribution >= 0.6 is 22.7 Å². The van der Waals surface area contributed by atoms with Crippen LogP contribution in [0.1, 0.15) is 103 Å². The third-order valence-electron chi connectivity index (χ3n) is 22.4. The summed E-state index contributed by atoms with van der Waals surface area (Å²) in [7, 11) is 0. The molecule has 0 unspecified atom stereocenters. The van der Waals surface area contributed by atoms with E-state index < -0.39 is 0 Å². The first-order valence-corrected chi connectivity index (χ1v) is 34.1. The highest BCUT2D eigenvalue weighted by molar-refractivity contribution is 7.26. The van der Waals surface area contributed by atoms with Crippen LogP contribution in [0.5, 0.6) is 0 Å². The molecule has 0 amide bonds. The SMILES string of the molecule is CC1(C)c2ccccc2-c2c(ccc3c2sc2cc(N(c4ccccc4)c4ccc5c(c4)oc4ccccc45)ccc23)C1(C)C.CC1(C)c2ccccc2-c2ccc(N(c3ccccc3)c3ccc4sc5cc6c(cc5c4c3)-c3ccccc3C(C)(C)C6(C)C)cc21. The molecular formula is C87H72N2OS2. The molecule has 0 atom stereocenters. The average molecular weight is 1230 g/mol. The number of thiophene rings is 2. The minimum absolute atomic E-state index is 0.00265. The fourth-order valence-corrected chi connectivity index (χ4v) is 18.4. The molecule has 12 aromatic carbocycles. The molecule has 3 aromatic heterocycles. The summed E-state index contributed by atoms with van der Waals surface area (Å²) in [5, 5.41) is 7.59. The van der Waals surface area contributed by atoms with Gasteiger partial charge < -0.3 is 14.2 Å². The summed E-state index contributed by atoms with van der Waals surface area (Å²) in [5.74, 6) is 0. The van der Waals surface area contributed by atoms with Crippen LogP contribution < -0.4 is 9.80 Å². The van der Waals surface area contributed by atoms with Crippen LogP contribution in [0, 0.1) is 0 Å². The molecule has 3 heterocycles. The van der Waals surface area contributed by atoms with Crippen molar-refractivity contribution >= 4 is 119 Å². The second-order valence-electron chi connectivity index (χ2n) is 28.4. The first kappa shape index (κ1) is 56.5. The first-order valence-electron chi connectivity index (χ1n) is 32.5. The van der Waals surface area contributed by atoms with E-state index in [1.807, 2.05) is 34.8 Å². The van der Waals surface area contributed by atoms with Crippen LogP contribution in [0.2, 0.25) is 0 Å². The highest BCUT2D eigenvalue weighted by Crippen LogP contribution is 2.59. The molecular weight excluding hydrogens is 1150 g/mol. The molecule has 92 heavy (non-hydrogen) atoms. The van der Waals surface area contributed by atoms with E-state index in [9.17, 15) is 0 Å². The molecule has 0 radical (unpaired) electrons. The Balaban J connectivity index is 0.000000141. The second-order valence-corrected chi connectivity index (χ2v) is 30.6. The standard InChI is InChI=1S/C45H39NS.C42H33NOS/c1-43(2)37-18-12-10-16-31(37)33-22-20-30(25-39(33)43)46(28-14-8-7-9-15-28)29-21-23-41-35(24-29)36-26-34-32-17-11-13-19-38(32)44(3,4)45(5,6)40(34)27-42(36)47-41;1-41(2)34-16-10-8-15-33(34)39-35(42(41,3)4)23-22-32-31-21-19-28(25-38(31)45-40(32)39)43(26-12-6-5-7-13-26)27-18-20-30-29-14-9-11-17-36(29)44-37(30)24-27/h7-27H,1-6H3;5-25H,1-4H3. The third-order valence-corrected chi connectivity index (χ3v) is 24.8. The molecule has 0 N–H and O–H groups in total. The quantitative estimate of drug-likeness (QED) is 0.165. The molecule has 0 bridgehead atoms. The van der Waals surface area contributed by atoms with Gasteiger partial charge in [0.05, 0.1) is 0 Å². The van der Waals surface area contributed by atoms with E-state index in [1.54, 1.807) is 0 Å². The first-order chi connectivity index (χ1) is 44.4. The average Bonchev–Trinajstić information content (AvgIpc) is 1.06. The van der Waals surface area contributed by atoms with Crippen molar-refractivity contribution in [2.45, 2.75) is 96.3 Å². The van der Waals surface area contributed by atoms with E-state index in [0.717, 1.165) is 44.7 Å². The lowest BCUT2D eigenvalue weighted by Crippen LogP contribution is -2.43. The lowest BCUT2D eigenvalue weighted by atomic mass is 9.55. The van der Waals surface area contributed by atoms with Gasteiger partial charge in [-0.15, -0.1) is 22.7 Å². The summed E-state index contributed by atoms with van der Waals surface area (Å²) in [6, 6.07) is 94.1. The Hall–Kier alpha value is -9.52. The van der Waals surface area contributed by atoms with Gasteiger partial charge in [-0.25, -0.2) is 0 Å². The van der Waals surface area contributed by atoms with Crippen molar-refractivity contribution in [3.8, 4) is 33.4 Å². The van der Waals surface area contributed by atoms with Gasteiger partial charge in [0.15, 0.2) is 0 Å². The van der Waals surface area contributed by atoms with Crippen LogP contribution in [-0.4, -0.2) is 0 Å². The molecule has 15 aromatic rings. The predicted molar refractivity (Wildman–Crippen MR) is 396 cm³/mol. The van der Waals surface area contributed by atoms with Crippen molar-refractivity contribution < 1.29 is 4.42 Å². The summed E-state index contributed by atoms with van der Waals surface area (Å²) < 4.78 is 11.7. The van der Waals surface area contributed by atoms with Crippen LogP contribution in [0.25, 0.3) is 95.7 Å². The summed E-state index contributed by atoms with van der Waals surface area (Å²) in [6.45, 7) is 24.0. The van der Waals surface area contributed by atoms with Crippen LogP contribution in [0.15, 0.2) is 259 Å². The third kappa shape index (κ3) is 8.17. The highest BCUT2D eigenvalue weighted by Gasteiger charge is 2.48. The van der Waals surface area contributed by atoms with Crippen molar-refractivity contribution in [1.82, 2.24) is 0 Å². The highest BCUT2D eigenvalue weighted by atomic mass is 32.1. The van der Waals surface area contributed by atoms with Gasteiger partial charge in [0.2, 0.25) is 0 Å². The Morgan fingerprint density at radius 3 is 1.45 bits per heavy atom. The minimum Gasteiger partial charge on any atom is -0.456 e. The molecule has 0 fully saturated rings. The Labute approximate surface area is 547 Å². The van der Waals surface area contributed by atoms with Crippen molar-refractivity contribution in [1.29, 1.82) is 0 Å². The Morgan fingerprint density at radius 1 is 0.261 bits per heavy atom. The van der Waals surface area contributed by atoms with E-state index in [-0.39, 0.29) is 27.1 Å². The van der Waals surface area contributed by atoms with Crippen molar-refractivity contribution in [2.75, 3.05) is 9.80 Å². The molecule has 5 heteroatoms. The number of benzene rings is 12. The molecule has 0 saturated heterocycles. The number of nitrogens with zero attached hydrogens (tertiary/aromatic N) is 2. The molecule has 3 nitrogen and oxygen atoms in total. The molecule has 0 spiro atoms. The minimum atomic E-state index is -0.0600. The molecule has 3 aliphatic rings. The van der Waals surface area contributed by atoms with Gasteiger partial charge in [-0.2, -0.15) is 0 Å².